The van der Waals surface area contributed by atoms with Gasteiger partial charge in [-0.05, 0) is 50.9 Å². The summed E-state index contributed by atoms with van der Waals surface area (Å²) in [5, 5.41) is 19.9. The molecule has 0 saturated heterocycles. The molecule has 0 aliphatic heterocycles. The van der Waals surface area contributed by atoms with E-state index in [1.807, 2.05) is 36.5 Å². The molecule has 0 aliphatic carbocycles. The fourth-order valence-electron chi connectivity index (χ4n) is 4.11. The standard InChI is InChI=1S/C38H62O6/c1-4-6-7-8-18-23-28-35(39)29-24-19-13-11-9-10-12-14-20-25-30-37(41)43-32-36(40)33-44-38(42)31-26-21-16-15-17-22-27-34(3)5-2/h6-7,9-10,13-14,18-20,23-24,29,34-36,39-40H,4-5,8,11-12,15-17,21-22,25-28,30-33H2,1-3H3/b7-6-,10-9-,19-13-,20-14-,23-18-,29-24+/t34?,35?,36-/m0/s1. The number of unbranched alkanes of at least 4 members (excludes halogenated alkanes) is 5. The molecule has 6 heteroatoms. The lowest BCUT2D eigenvalue weighted by Gasteiger charge is -2.12. The van der Waals surface area contributed by atoms with Gasteiger partial charge in [-0.2, -0.15) is 0 Å². The van der Waals surface area contributed by atoms with Gasteiger partial charge < -0.3 is 19.7 Å². The van der Waals surface area contributed by atoms with E-state index in [9.17, 15) is 19.8 Å². The highest BCUT2D eigenvalue weighted by atomic mass is 16.6. The van der Waals surface area contributed by atoms with Gasteiger partial charge >= 0.3 is 11.9 Å². The molecule has 0 aromatic heterocycles. The van der Waals surface area contributed by atoms with Crippen LogP contribution in [0.5, 0.6) is 0 Å². The van der Waals surface area contributed by atoms with Crippen LogP contribution in [-0.2, 0) is 19.1 Å². The zero-order valence-electron chi connectivity index (χ0n) is 27.9. The molecule has 44 heavy (non-hydrogen) atoms. The van der Waals surface area contributed by atoms with Gasteiger partial charge in [-0.15, -0.1) is 0 Å². The minimum Gasteiger partial charge on any atom is -0.463 e. The molecule has 0 aromatic carbocycles. The smallest absolute Gasteiger partial charge is 0.306 e. The van der Waals surface area contributed by atoms with Crippen molar-refractivity contribution in [2.24, 2.45) is 5.92 Å². The number of carbonyl (C=O) groups excluding carboxylic acids is 2. The molecule has 0 radical (unpaired) electrons. The summed E-state index contributed by atoms with van der Waals surface area (Å²) in [4.78, 5) is 23.7. The molecular weight excluding hydrogens is 552 g/mol. The lowest BCUT2D eigenvalue weighted by molar-refractivity contribution is -0.152. The largest absolute Gasteiger partial charge is 0.463 e. The van der Waals surface area contributed by atoms with Crippen molar-refractivity contribution in [1.29, 1.82) is 0 Å². The zero-order chi connectivity index (χ0) is 32.5. The van der Waals surface area contributed by atoms with Crippen molar-refractivity contribution in [1.82, 2.24) is 0 Å². The second-order valence-corrected chi connectivity index (χ2v) is 11.3. The average molecular weight is 615 g/mol. The first-order chi connectivity index (χ1) is 21.4. The highest BCUT2D eigenvalue weighted by Crippen LogP contribution is 2.14. The molecule has 6 nitrogen and oxygen atoms in total. The van der Waals surface area contributed by atoms with Gasteiger partial charge in [0.2, 0.25) is 0 Å². The third-order valence-corrected chi connectivity index (χ3v) is 7.09. The third-order valence-electron chi connectivity index (χ3n) is 7.09. The van der Waals surface area contributed by atoms with Crippen LogP contribution in [0.3, 0.4) is 0 Å². The van der Waals surface area contributed by atoms with E-state index >= 15 is 0 Å². The lowest BCUT2D eigenvalue weighted by atomic mass is 10.00. The number of ether oxygens (including phenoxy) is 2. The van der Waals surface area contributed by atoms with Crippen molar-refractivity contribution in [3.8, 4) is 0 Å². The number of esters is 2. The Balaban J connectivity index is 3.73. The number of aliphatic hydroxyl groups excluding tert-OH is 2. The van der Waals surface area contributed by atoms with Crippen LogP contribution >= 0.6 is 0 Å². The molecule has 2 N–H and O–H groups in total. The maximum Gasteiger partial charge on any atom is 0.306 e. The predicted octanol–water partition coefficient (Wildman–Crippen LogP) is 9.05. The number of aliphatic hydroxyl groups is 2. The van der Waals surface area contributed by atoms with E-state index in [4.69, 9.17) is 9.47 Å². The monoisotopic (exact) mass is 614 g/mol. The summed E-state index contributed by atoms with van der Waals surface area (Å²) < 4.78 is 10.2. The summed E-state index contributed by atoms with van der Waals surface area (Å²) >= 11 is 0. The quantitative estimate of drug-likeness (QED) is 0.0395. The normalized spacial score (nSPS) is 14.6. The van der Waals surface area contributed by atoms with Crippen LogP contribution in [0.1, 0.15) is 124 Å². The van der Waals surface area contributed by atoms with E-state index in [0.717, 1.165) is 50.9 Å². The number of hydrogen-bond acceptors (Lipinski definition) is 6. The second kappa shape index (κ2) is 31.7. The molecule has 250 valence electrons. The van der Waals surface area contributed by atoms with Crippen molar-refractivity contribution >= 4 is 11.9 Å². The molecule has 0 aliphatic rings. The van der Waals surface area contributed by atoms with Crippen molar-refractivity contribution in [2.75, 3.05) is 13.2 Å². The molecule has 0 spiro atoms. The summed E-state index contributed by atoms with van der Waals surface area (Å²) in [6.07, 6.45) is 37.1. The van der Waals surface area contributed by atoms with Crippen molar-refractivity contribution in [3.63, 3.8) is 0 Å². The van der Waals surface area contributed by atoms with Crippen molar-refractivity contribution in [2.45, 2.75) is 136 Å². The molecule has 0 fully saturated rings. The fraction of sp³-hybridized carbons (Fsp3) is 0.632. The fourth-order valence-corrected chi connectivity index (χ4v) is 4.11. The number of allylic oxidation sites excluding steroid dienone is 10. The minimum atomic E-state index is -1.01. The molecule has 0 bridgehead atoms. The first-order valence-electron chi connectivity index (χ1n) is 17.0. The van der Waals surface area contributed by atoms with Gasteiger partial charge in [-0.1, -0.05) is 139 Å². The minimum absolute atomic E-state index is 0.156. The van der Waals surface area contributed by atoms with Gasteiger partial charge in [-0.3, -0.25) is 9.59 Å². The maximum atomic E-state index is 11.9. The first kappa shape index (κ1) is 41.3. The van der Waals surface area contributed by atoms with Gasteiger partial charge in [0.1, 0.15) is 19.3 Å². The van der Waals surface area contributed by atoms with Crippen LogP contribution in [0.2, 0.25) is 0 Å². The molecular formula is C38H62O6. The van der Waals surface area contributed by atoms with Gasteiger partial charge in [0.05, 0.1) is 6.10 Å². The number of rotatable bonds is 28. The summed E-state index contributed by atoms with van der Waals surface area (Å²) in [5.74, 6) is 0.115. The Bertz CT molecular complexity index is 867. The van der Waals surface area contributed by atoms with Crippen LogP contribution in [0, 0.1) is 5.92 Å². The Morgan fingerprint density at radius 1 is 0.659 bits per heavy atom. The van der Waals surface area contributed by atoms with Gasteiger partial charge in [0.25, 0.3) is 0 Å². The van der Waals surface area contributed by atoms with Crippen LogP contribution in [0.4, 0.5) is 0 Å². The summed E-state index contributed by atoms with van der Waals surface area (Å²) in [5.41, 5.74) is 0. The molecule has 2 unspecified atom stereocenters. The van der Waals surface area contributed by atoms with Crippen LogP contribution in [-0.4, -0.2) is 47.6 Å². The molecule has 0 aromatic rings. The summed E-state index contributed by atoms with van der Waals surface area (Å²) in [6.45, 7) is 6.32. The molecule has 0 rings (SSSR count). The van der Waals surface area contributed by atoms with E-state index in [2.05, 4.69) is 51.2 Å². The van der Waals surface area contributed by atoms with Gasteiger partial charge in [0.15, 0.2) is 0 Å². The Kier molecular flexibility index (Phi) is 29.8. The summed E-state index contributed by atoms with van der Waals surface area (Å²) in [6, 6.07) is 0. The van der Waals surface area contributed by atoms with Crippen LogP contribution < -0.4 is 0 Å². The maximum absolute atomic E-state index is 11.9. The van der Waals surface area contributed by atoms with E-state index in [1.54, 1.807) is 6.08 Å². The highest BCUT2D eigenvalue weighted by Gasteiger charge is 2.11. The van der Waals surface area contributed by atoms with Crippen molar-refractivity contribution < 1.29 is 29.3 Å². The predicted molar refractivity (Wildman–Crippen MR) is 183 cm³/mol. The molecule has 0 amide bonds. The Hall–Kier alpha value is -2.70. The topological polar surface area (TPSA) is 93.1 Å². The van der Waals surface area contributed by atoms with E-state index in [1.165, 1.54) is 32.1 Å². The Labute approximate surface area is 268 Å². The number of carbonyl (C=O) groups is 2. The van der Waals surface area contributed by atoms with E-state index in [-0.39, 0.29) is 31.6 Å². The van der Waals surface area contributed by atoms with E-state index < -0.39 is 12.2 Å². The average Bonchev–Trinajstić information content (AvgIpc) is 3.02. The lowest BCUT2D eigenvalue weighted by Crippen LogP contribution is -2.25. The number of hydrogen-bond donors (Lipinski definition) is 2. The van der Waals surface area contributed by atoms with Gasteiger partial charge in [-0.25, -0.2) is 0 Å². The Morgan fingerprint density at radius 2 is 1.23 bits per heavy atom. The second-order valence-electron chi connectivity index (χ2n) is 11.3. The highest BCUT2D eigenvalue weighted by molar-refractivity contribution is 5.70. The van der Waals surface area contributed by atoms with Crippen LogP contribution in [0.25, 0.3) is 0 Å². The molecule has 3 atom stereocenters. The van der Waals surface area contributed by atoms with Gasteiger partial charge in [0, 0.05) is 12.8 Å². The summed E-state index contributed by atoms with van der Waals surface area (Å²) in [7, 11) is 0. The SMILES string of the molecule is CC/C=C\C/C=C\CC(O)/C=C/C=C\C/C=C\C/C=C\CCC(=O)OC[C@H](O)COC(=O)CCCCCCCCC(C)CC. The molecule has 0 heterocycles. The zero-order valence-corrected chi connectivity index (χ0v) is 27.9. The van der Waals surface area contributed by atoms with Crippen molar-refractivity contribution in [3.05, 3.63) is 72.9 Å². The third kappa shape index (κ3) is 30.7. The first-order valence-corrected chi connectivity index (χ1v) is 17.0. The Morgan fingerprint density at radius 3 is 1.91 bits per heavy atom. The molecule has 0 saturated carbocycles. The van der Waals surface area contributed by atoms with Crippen LogP contribution in [0.15, 0.2) is 72.9 Å². The van der Waals surface area contributed by atoms with E-state index in [0.29, 0.717) is 19.3 Å².